The van der Waals surface area contributed by atoms with E-state index in [4.69, 9.17) is 0 Å². The van der Waals surface area contributed by atoms with Crippen LogP contribution in [0.2, 0.25) is 0 Å². The number of nitrogens with zero attached hydrogens (tertiary/aromatic N) is 1. The van der Waals surface area contributed by atoms with Crippen molar-refractivity contribution in [2.45, 2.75) is 6.92 Å². The van der Waals surface area contributed by atoms with Crippen LogP contribution in [0.1, 0.15) is 12.7 Å². The molecule has 86 valence electrons. The van der Waals surface area contributed by atoms with Crippen molar-refractivity contribution in [3.05, 3.63) is 32.6 Å². The maximum Gasteiger partial charge on any atom is 0.351 e. The minimum Gasteiger partial charge on any atom is -0.512 e. The Balaban J connectivity index is 3.46. The fourth-order valence-electron chi connectivity index (χ4n) is 1.03. The number of esters is 1. The van der Waals surface area contributed by atoms with Gasteiger partial charge < -0.3 is 9.84 Å². The second-order valence-corrected chi connectivity index (χ2v) is 2.80. The standard InChI is InChI=1S/C8H9N3O5/c1-3(12)4(6(13)16-2)5-9-7(14)11-8(15)10-5/h12H,1-2H3,(H2,9,10,11,14,15)/b4-3-. The van der Waals surface area contributed by atoms with Gasteiger partial charge in [-0.15, -0.1) is 0 Å². The lowest BCUT2D eigenvalue weighted by molar-refractivity contribution is -0.133. The molecule has 1 aromatic rings. The van der Waals surface area contributed by atoms with Crippen LogP contribution in [0.3, 0.4) is 0 Å². The van der Waals surface area contributed by atoms with Gasteiger partial charge in [-0.25, -0.2) is 14.4 Å². The Kier molecular flexibility index (Phi) is 3.24. The second kappa shape index (κ2) is 4.43. The van der Waals surface area contributed by atoms with E-state index < -0.39 is 23.1 Å². The summed E-state index contributed by atoms with van der Waals surface area (Å²) in [6.07, 6.45) is 0. The zero-order valence-electron chi connectivity index (χ0n) is 8.53. The number of carbonyl (C=O) groups is 1. The average molecular weight is 227 g/mol. The third-order valence-electron chi connectivity index (χ3n) is 1.65. The van der Waals surface area contributed by atoms with Crippen LogP contribution >= 0.6 is 0 Å². The number of ether oxygens (including phenoxy) is 1. The largest absolute Gasteiger partial charge is 0.512 e. The van der Waals surface area contributed by atoms with Crippen LogP contribution in [-0.2, 0) is 9.53 Å². The van der Waals surface area contributed by atoms with Gasteiger partial charge in [0, 0.05) is 0 Å². The van der Waals surface area contributed by atoms with E-state index in [2.05, 4.69) is 14.7 Å². The number of aromatic nitrogens is 3. The Morgan fingerprint density at radius 2 is 2.00 bits per heavy atom. The van der Waals surface area contributed by atoms with E-state index in [0.29, 0.717) is 0 Å². The van der Waals surface area contributed by atoms with E-state index in [1.54, 1.807) is 0 Å². The molecule has 0 aromatic carbocycles. The van der Waals surface area contributed by atoms with Crippen LogP contribution in [0.5, 0.6) is 0 Å². The number of aliphatic hydroxyl groups excluding tert-OH is 1. The fourth-order valence-corrected chi connectivity index (χ4v) is 1.03. The SMILES string of the molecule is COC(=O)/C(=C(/C)O)c1nc(=O)[nH]c(=O)[nH]1. The van der Waals surface area contributed by atoms with Gasteiger partial charge in [0.15, 0.2) is 5.82 Å². The second-order valence-electron chi connectivity index (χ2n) is 2.80. The molecule has 0 unspecified atom stereocenters. The summed E-state index contributed by atoms with van der Waals surface area (Å²) in [4.78, 5) is 40.4. The number of rotatable bonds is 2. The molecule has 0 spiro atoms. The van der Waals surface area contributed by atoms with Gasteiger partial charge in [-0.2, -0.15) is 4.98 Å². The summed E-state index contributed by atoms with van der Waals surface area (Å²) in [6, 6.07) is 0. The number of aliphatic hydroxyl groups is 1. The summed E-state index contributed by atoms with van der Waals surface area (Å²) in [5.74, 6) is -1.67. The lowest BCUT2D eigenvalue weighted by Crippen LogP contribution is -2.28. The molecule has 8 heteroatoms. The number of hydrogen-bond donors (Lipinski definition) is 3. The van der Waals surface area contributed by atoms with Gasteiger partial charge in [0.2, 0.25) is 0 Å². The van der Waals surface area contributed by atoms with Gasteiger partial charge in [0.25, 0.3) is 0 Å². The molecular formula is C8H9N3O5. The first kappa shape index (κ1) is 11.7. The maximum atomic E-state index is 11.3. The summed E-state index contributed by atoms with van der Waals surface area (Å²) in [5.41, 5.74) is -2.13. The zero-order chi connectivity index (χ0) is 12.3. The molecule has 1 aromatic heterocycles. The van der Waals surface area contributed by atoms with Gasteiger partial charge >= 0.3 is 17.3 Å². The molecular weight excluding hydrogens is 218 g/mol. The van der Waals surface area contributed by atoms with Crippen LogP contribution in [-0.4, -0.2) is 33.1 Å². The summed E-state index contributed by atoms with van der Waals surface area (Å²) in [7, 11) is 1.09. The van der Waals surface area contributed by atoms with E-state index in [0.717, 1.165) is 7.11 Å². The molecule has 3 N–H and O–H groups in total. The van der Waals surface area contributed by atoms with Crippen molar-refractivity contribution >= 4 is 11.5 Å². The highest BCUT2D eigenvalue weighted by Crippen LogP contribution is 2.12. The molecule has 0 aliphatic rings. The number of aromatic amines is 2. The molecule has 0 aliphatic carbocycles. The molecule has 0 fully saturated rings. The van der Waals surface area contributed by atoms with Gasteiger partial charge in [-0.05, 0) is 6.92 Å². The van der Waals surface area contributed by atoms with Crippen molar-refractivity contribution in [1.82, 2.24) is 15.0 Å². The summed E-state index contributed by atoms with van der Waals surface area (Å²) in [5, 5.41) is 9.25. The van der Waals surface area contributed by atoms with Crippen LogP contribution in [0.25, 0.3) is 5.57 Å². The predicted octanol–water partition coefficient (Wildman–Crippen LogP) is -1.08. The van der Waals surface area contributed by atoms with Crippen LogP contribution < -0.4 is 11.4 Å². The quantitative estimate of drug-likeness (QED) is 0.335. The highest BCUT2D eigenvalue weighted by molar-refractivity contribution is 6.15. The Bertz CT molecular complexity index is 521. The molecule has 0 atom stereocenters. The van der Waals surface area contributed by atoms with E-state index in [9.17, 15) is 19.5 Å². The number of carbonyl (C=O) groups excluding carboxylic acids is 1. The molecule has 16 heavy (non-hydrogen) atoms. The predicted molar refractivity (Wildman–Crippen MR) is 52.7 cm³/mol. The van der Waals surface area contributed by atoms with E-state index in [1.807, 2.05) is 4.98 Å². The molecule has 8 nitrogen and oxygen atoms in total. The minimum atomic E-state index is -0.929. The molecule has 0 saturated carbocycles. The first-order chi connectivity index (χ1) is 7.45. The fraction of sp³-hybridized carbons (Fsp3) is 0.250. The van der Waals surface area contributed by atoms with Crippen molar-refractivity contribution in [3.8, 4) is 0 Å². The smallest absolute Gasteiger partial charge is 0.351 e. The van der Waals surface area contributed by atoms with E-state index >= 15 is 0 Å². The molecule has 1 rings (SSSR count). The lowest BCUT2D eigenvalue weighted by Gasteiger charge is -2.04. The summed E-state index contributed by atoms with van der Waals surface area (Å²) >= 11 is 0. The third kappa shape index (κ3) is 2.35. The van der Waals surface area contributed by atoms with Gasteiger partial charge in [-0.3, -0.25) is 9.97 Å². The topological polar surface area (TPSA) is 125 Å². The third-order valence-corrected chi connectivity index (χ3v) is 1.65. The number of hydrogen-bond acceptors (Lipinski definition) is 6. The van der Waals surface area contributed by atoms with E-state index in [-0.39, 0.29) is 11.4 Å². The van der Waals surface area contributed by atoms with Crippen molar-refractivity contribution in [1.29, 1.82) is 0 Å². The summed E-state index contributed by atoms with van der Waals surface area (Å²) < 4.78 is 4.38. The first-order valence-corrected chi connectivity index (χ1v) is 4.15. The molecule has 0 radical (unpaired) electrons. The Hall–Kier alpha value is -2.38. The van der Waals surface area contributed by atoms with Crippen LogP contribution in [0.4, 0.5) is 0 Å². The van der Waals surface area contributed by atoms with Crippen LogP contribution in [0, 0.1) is 0 Å². The monoisotopic (exact) mass is 227 g/mol. The van der Waals surface area contributed by atoms with Crippen molar-refractivity contribution in [2.75, 3.05) is 7.11 Å². The number of nitrogens with one attached hydrogen (secondary N) is 2. The van der Waals surface area contributed by atoms with Gasteiger partial charge in [0.05, 0.1) is 7.11 Å². The lowest BCUT2D eigenvalue weighted by atomic mass is 10.2. The minimum absolute atomic E-state index is 0.347. The number of allylic oxidation sites excluding steroid dienone is 1. The Labute approximate surface area is 88.6 Å². The Morgan fingerprint density at radius 3 is 2.44 bits per heavy atom. The summed E-state index contributed by atoms with van der Waals surface area (Å²) in [6.45, 7) is 1.20. The van der Waals surface area contributed by atoms with Crippen molar-refractivity contribution < 1.29 is 14.6 Å². The normalized spacial score (nSPS) is 11.9. The van der Waals surface area contributed by atoms with Crippen LogP contribution in [0.15, 0.2) is 15.3 Å². The number of H-pyrrole nitrogens is 2. The highest BCUT2D eigenvalue weighted by Gasteiger charge is 2.19. The average Bonchev–Trinajstić information content (AvgIpc) is 2.15. The Morgan fingerprint density at radius 1 is 1.38 bits per heavy atom. The molecule has 0 bridgehead atoms. The molecule has 1 heterocycles. The van der Waals surface area contributed by atoms with Crippen molar-refractivity contribution in [3.63, 3.8) is 0 Å². The van der Waals surface area contributed by atoms with Gasteiger partial charge in [-0.1, -0.05) is 0 Å². The molecule has 0 aliphatic heterocycles. The number of methoxy groups -OCH3 is 1. The molecule has 0 saturated heterocycles. The van der Waals surface area contributed by atoms with Gasteiger partial charge in [0.1, 0.15) is 11.3 Å². The highest BCUT2D eigenvalue weighted by atomic mass is 16.5. The maximum absolute atomic E-state index is 11.3. The zero-order valence-corrected chi connectivity index (χ0v) is 8.53. The van der Waals surface area contributed by atoms with E-state index in [1.165, 1.54) is 6.92 Å². The van der Waals surface area contributed by atoms with Crippen molar-refractivity contribution in [2.24, 2.45) is 0 Å². The first-order valence-electron chi connectivity index (χ1n) is 4.15. The molecule has 0 amide bonds.